The van der Waals surface area contributed by atoms with E-state index in [1.807, 2.05) is 19.1 Å². The van der Waals surface area contributed by atoms with Crippen molar-refractivity contribution in [2.45, 2.75) is 26.2 Å². The predicted molar refractivity (Wildman–Crippen MR) is 76.7 cm³/mol. The van der Waals surface area contributed by atoms with Crippen molar-refractivity contribution < 1.29 is 0 Å². The molecular formula is C14H18N4O. The van der Waals surface area contributed by atoms with Crippen molar-refractivity contribution >= 4 is 17.2 Å². The van der Waals surface area contributed by atoms with Crippen molar-refractivity contribution in [3.05, 3.63) is 34.2 Å². The van der Waals surface area contributed by atoms with E-state index in [9.17, 15) is 4.79 Å². The van der Waals surface area contributed by atoms with E-state index in [-0.39, 0.29) is 11.2 Å². The lowest BCUT2D eigenvalue weighted by Gasteiger charge is -2.28. The summed E-state index contributed by atoms with van der Waals surface area (Å²) in [6.07, 6.45) is 5.24. The fourth-order valence-corrected chi connectivity index (χ4v) is 2.59. The molecule has 2 aromatic rings. The van der Waals surface area contributed by atoms with Gasteiger partial charge in [0, 0.05) is 19.3 Å². The monoisotopic (exact) mass is 258 g/mol. The maximum Gasteiger partial charge on any atom is 0.283 e. The third-order valence-electron chi connectivity index (χ3n) is 3.66. The molecular weight excluding hydrogens is 240 g/mol. The molecule has 0 spiro atoms. The summed E-state index contributed by atoms with van der Waals surface area (Å²) in [5.74, 6) is 0.648. The smallest absolute Gasteiger partial charge is 0.283 e. The van der Waals surface area contributed by atoms with Gasteiger partial charge in [0.25, 0.3) is 5.56 Å². The molecule has 1 fully saturated rings. The Kier molecular flexibility index (Phi) is 2.89. The Morgan fingerprint density at radius 2 is 2.00 bits per heavy atom. The number of nitrogens with zero attached hydrogens (tertiary/aromatic N) is 3. The van der Waals surface area contributed by atoms with E-state index in [0.29, 0.717) is 11.5 Å². The topological polar surface area (TPSA) is 63.6 Å². The number of aromatic nitrogens is 2. The number of rotatable bonds is 1. The molecule has 5 nitrogen and oxygen atoms in total. The van der Waals surface area contributed by atoms with Crippen molar-refractivity contribution in [3.63, 3.8) is 0 Å². The number of aryl methyl sites for hydroxylation is 1. The molecule has 0 saturated carbocycles. The quantitative estimate of drug-likeness (QED) is 0.843. The van der Waals surface area contributed by atoms with Crippen molar-refractivity contribution in [3.8, 4) is 0 Å². The first kappa shape index (κ1) is 12.0. The molecule has 0 bridgehead atoms. The van der Waals surface area contributed by atoms with Gasteiger partial charge >= 0.3 is 0 Å². The number of hydrogen-bond acceptors (Lipinski definition) is 4. The van der Waals surface area contributed by atoms with E-state index >= 15 is 0 Å². The van der Waals surface area contributed by atoms with E-state index in [0.717, 1.165) is 31.5 Å². The van der Waals surface area contributed by atoms with Crippen LogP contribution in [0.2, 0.25) is 0 Å². The zero-order valence-corrected chi connectivity index (χ0v) is 11.1. The molecule has 3 heterocycles. The van der Waals surface area contributed by atoms with Crippen molar-refractivity contribution in [1.82, 2.24) is 9.38 Å². The van der Waals surface area contributed by atoms with Crippen LogP contribution in [0.3, 0.4) is 0 Å². The molecule has 0 aromatic carbocycles. The SMILES string of the molecule is Cc1ccn2c(=O)c(N)c(N3CCCCC3)nc2c1. The second-order valence-corrected chi connectivity index (χ2v) is 5.13. The molecule has 1 aliphatic rings. The summed E-state index contributed by atoms with van der Waals surface area (Å²) in [7, 11) is 0. The third-order valence-corrected chi connectivity index (χ3v) is 3.66. The van der Waals surface area contributed by atoms with Crippen LogP contribution in [0.5, 0.6) is 0 Å². The number of pyridine rings is 1. The lowest BCUT2D eigenvalue weighted by molar-refractivity contribution is 0.574. The Bertz CT molecular complexity index is 671. The van der Waals surface area contributed by atoms with Gasteiger partial charge in [-0.2, -0.15) is 0 Å². The summed E-state index contributed by atoms with van der Waals surface area (Å²) in [6.45, 7) is 3.85. The summed E-state index contributed by atoms with van der Waals surface area (Å²) in [6, 6.07) is 3.80. The molecule has 1 aliphatic heterocycles. The summed E-state index contributed by atoms with van der Waals surface area (Å²) < 4.78 is 1.51. The van der Waals surface area contributed by atoms with Crippen LogP contribution in [0.1, 0.15) is 24.8 Å². The normalized spacial score (nSPS) is 15.9. The minimum Gasteiger partial charge on any atom is -0.391 e. The zero-order valence-electron chi connectivity index (χ0n) is 11.1. The molecule has 3 rings (SSSR count). The molecule has 1 saturated heterocycles. The summed E-state index contributed by atoms with van der Waals surface area (Å²) >= 11 is 0. The Hall–Kier alpha value is -2.04. The fraction of sp³-hybridized carbons (Fsp3) is 0.429. The third kappa shape index (κ3) is 2.05. The van der Waals surface area contributed by atoms with E-state index in [1.54, 1.807) is 6.20 Å². The molecule has 2 N–H and O–H groups in total. The number of piperidine rings is 1. The summed E-state index contributed by atoms with van der Waals surface area (Å²) in [4.78, 5) is 19.0. The van der Waals surface area contributed by atoms with Gasteiger partial charge in [0.05, 0.1) is 0 Å². The highest BCUT2D eigenvalue weighted by molar-refractivity contribution is 5.65. The van der Waals surface area contributed by atoms with E-state index in [4.69, 9.17) is 5.73 Å². The molecule has 0 atom stereocenters. The van der Waals surface area contributed by atoms with Crippen LogP contribution >= 0.6 is 0 Å². The minimum absolute atomic E-state index is 0.175. The number of anilines is 2. The average molecular weight is 258 g/mol. The average Bonchev–Trinajstić information content (AvgIpc) is 2.43. The Morgan fingerprint density at radius 1 is 1.26 bits per heavy atom. The van der Waals surface area contributed by atoms with Gasteiger partial charge in [-0.15, -0.1) is 0 Å². The Morgan fingerprint density at radius 3 is 2.74 bits per heavy atom. The molecule has 19 heavy (non-hydrogen) atoms. The van der Waals surface area contributed by atoms with E-state index in [2.05, 4.69) is 9.88 Å². The van der Waals surface area contributed by atoms with Gasteiger partial charge in [-0.25, -0.2) is 4.98 Å². The van der Waals surface area contributed by atoms with Crippen molar-refractivity contribution in [2.75, 3.05) is 23.7 Å². The highest BCUT2D eigenvalue weighted by Crippen LogP contribution is 2.22. The van der Waals surface area contributed by atoms with Crippen LogP contribution in [0.25, 0.3) is 5.65 Å². The molecule has 0 radical (unpaired) electrons. The largest absolute Gasteiger partial charge is 0.391 e. The first-order valence-corrected chi connectivity index (χ1v) is 6.70. The summed E-state index contributed by atoms with van der Waals surface area (Å²) in [5.41, 5.74) is 7.81. The van der Waals surface area contributed by atoms with Gasteiger partial charge in [-0.1, -0.05) is 0 Å². The lowest BCUT2D eigenvalue weighted by Crippen LogP contribution is -2.33. The van der Waals surface area contributed by atoms with Crippen LogP contribution in [-0.2, 0) is 0 Å². The fourth-order valence-electron chi connectivity index (χ4n) is 2.59. The van der Waals surface area contributed by atoms with Gasteiger partial charge in [-0.05, 0) is 43.9 Å². The molecule has 5 heteroatoms. The number of hydrogen-bond donors (Lipinski definition) is 1. The van der Waals surface area contributed by atoms with E-state index in [1.165, 1.54) is 10.8 Å². The number of nitrogen functional groups attached to an aromatic ring is 1. The van der Waals surface area contributed by atoms with Gasteiger partial charge in [0.2, 0.25) is 0 Å². The van der Waals surface area contributed by atoms with E-state index < -0.39 is 0 Å². The first-order chi connectivity index (χ1) is 9.16. The minimum atomic E-state index is -0.175. The van der Waals surface area contributed by atoms with Gasteiger partial charge in [-0.3, -0.25) is 9.20 Å². The molecule has 0 aliphatic carbocycles. The highest BCUT2D eigenvalue weighted by Gasteiger charge is 2.18. The second kappa shape index (κ2) is 4.57. The summed E-state index contributed by atoms with van der Waals surface area (Å²) in [5, 5.41) is 0. The van der Waals surface area contributed by atoms with Crippen molar-refractivity contribution in [1.29, 1.82) is 0 Å². The van der Waals surface area contributed by atoms with Gasteiger partial charge in [0.15, 0.2) is 5.82 Å². The molecule has 2 aromatic heterocycles. The Labute approximate surface area is 111 Å². The van der Waals surface area contributed by atoms with Crippen LogP contribution in [0, 0.1) is 6.92 Å². The van der Waals surface area contributed by atoms with Crippen LogP contribution < -0.4 is 16.2 Å². The van der Waals surface area contributed by atoms with Gasteiger partial charge < -0.3 is 10.6 Å². The molecule has 100 valence electrons. The number of fused-ring (bicyclic) bond motifs is 1. The first-order valence-electron chi connectivity index (χ1n) is 6.70. The zero-order chi connectivity index (χ0) is 13.4. The van der Waals surface area contributed by atoms with Crippen LogP contribution in [0.4, 0.5) is 11.5 Å². The lowest BCUT2D eigenvalue weighted by atomic mass is 10.1. The second-order valence-electron chi connectivity index (χ2n) is 5.13. The molecule has 0 unspecified atom stereocenters. The maximum atomic E-state index is 12.3. The molecule has 0 amide bonds. The highest BCUT2D eigenvalue weighted by atomic mass is 16.1. The van der Waals surface area contributed by atoms with Gasteiger partial charge in [0.1, 0.15) is 11.3 Å². The van der Waals surface area contributed by atoms with Crippen LogP contribution in [-0.4, -0.2) is 22.5 Å². The predicted octanol–water partition coefficient (Wildman–Crippen LogP) is 1.58. The standard InChI is InChI=1S/C14H18N4O/c1-10-5-8-18-11(9-10)16-13(12(15)14(18)19)17-6-3-2-4-7-17/h5,8-9H,2-4,6-7,15H2,1H3. The maximum absolute atomic E-state index is 12.3. The van der Waals surface area contributed by atoms with Crippen LogP contribution in [0.15, 0.2) is 23.1 Å². The Balaban J connectivity index is 2.19. The van der Waals surface area contributed by atoms with Crippen molar-refractivity contribution in [2.24, 2.45) is 0 Å². The number of nitrogens with two attached hydrogens (primary N) is 1.